The molecule has 4 atom stereocenters. The topological polar surface area (TPSA) is 29.5 Å². The van der Waals surface area contributed by atoms with Crippen LogP contribution in [0.2, 0.25) is 0 Å². The van der Waals surface area contributed by atoms with Gasteiger partial charge in [0.05, 0.1) is 11.7 Å². The van der Waals surface area contributed by atoms with E-state index in [1.165, 1.54) is 44.9 Å². The number of hydrogen-bond acceptors (Lipinski definition) is 2. The van der Waals surface area contributed by atoms with E-state index < -0.39 is 0 Å². The van der Waals surface area contributed by atoms with Crippen molar-refractivity contribution in [1.29, 1.82) is 0 Å². The molecule has 1 N–H and O–H groups in total. The average molecular weight is 238 g/mol. The SMILES string of the molecule is COC1(C(O)C2CC3CCC2C3)CCCCC1. The molecule has 0 amide bonds. The van der Waals surface area contributed by atoms with Crippen LogP contribution in [0.3, 0.4) is 0 Å². The Balaban J connectivity index is 1.73. The minimum absolute atomic E-state index is 0.201. The molecule has 3 aliphatic rings. The Morgan fingerprint density at radius 2 is 1.88 bits per heavy atom. The van der Waals surface area contributed by atoms with Crippen LogP contribution in [-0.4, -0.2) is 23.9 Å². The van der Waals surface area contributed by atoms with Crippen molar-refractivity contribution in [3.05, 3.63) is 0 Å². The number of methoxy groups -OCH3 is 1. The first-order valence-corrected chi connectivity index (χ1v) is 7.48. The molecule has 0 aromatic rings. The fraction of sp³-hybridized carbons (Fsp3) is 1.00. The molecule has 3 fully saturated rings. The number of hydrogen-bond donors (Lipinski definition) is 1. The highest BCUT2D eigenvalue weighted by atomic mass is 16.5. The second kappa shape index (κ2) is 4.55. The van der Waals surface area contributed by atoms with E-state index in [9.17, 15) is 5.11 Å². The maximum atomic E-state index is 10.8. The number of aliphatic hydroxyl groups is 1. The molecule has 98 valence electrons. The first-order valence-electron chi connectivity index (χ1n) is 7.48. The summed E-state index contributed by atoms with van der Waals surface area (Å²) in [6.07, 6.45) is 11.1. The molecule has 0 spiro atoms. The maximum absolute atomic E-state index is 10.8. The largest absolute Gasteiger partial charge is 0.390 e. The van der Waals surface area contributed by atoms with Crippen LogP contribution in [0.4, 0.5) is 0 Å². The first kappa shape index (κ1) is 12.0. The van der Waals surface area contributed by atoms with E-state index in [1.54, 1.807) is 0 Å². The zero-order valence-electron chi connectivity index (χ0n) is 11.0. The Morgan fingerprint density at radius 3 is 2.41 bits per heavy atom. The Labute approximate surface area is 105 Å². The summed E-state index contributed by atoms with van der Waals surface area (Å²) in [6, 6.07) is 0. The van der Waals surface area contributed by atoms with Gasteiger partial charge in [-0.3, -0.25) is 0 Å². The van der Waals surface area contributed by atoms with Crippen LogP contribution in [0, 0.1) is 17.8 Å². The lowest BCUT2D eigenvalue weighted by atomic mass is 9.72. The molecule has 2 nitrogen and oxygen atoms in total. The van der Waals surface area contributed by atoms with Gasteiger partial charge in [-0.05, 0) is 49.9 Å². The molecule has 3 aliphatic carbocycles. The molecule has 2 bridgehead atoms. The van der Waals surface area contributed by atoms with Crippen molar-refractivity contribution in [2.75, 3.05) is 7.11 Å². The molecule has 0 aromatic heterocycles. The van der Waals surface area contributed by atoms with Crippen molar-refractivity contribution in [2.45, 2.75) is 69.5 Å². The molecule has 0 heterocycles. The molecule has 3 rings (SSSR count). The fourth-order valence-electron chi connectivity index (χ4n) is 4.84. The minimum atomic E-state index is -0.205. The molecule has 0 radical (unpaired) electrons. The van der Waals surface area contributed by atoms with Crippen LogP contribution >= 0.6 is 0 Å². The summed E-state index contributed by atoms with van der Waals surface area (Å²) in [4.78, 5) is 0. The van der Waals surface area contributed by atoms with Crippen LogP contribution < -0.4 is 0 Å². The monoisotopic (exact) mass is 238 g/mol. The second-order valence-electron chi connectivity index (χ2n) is 6.61. The van der Waals surface area contributed by atoms with Crippen molar-refractivity contribution in [2.24, 2.45) is 17.8 Å². The number of aliphatic hydroxyl groups excluding tert-OH is 1. The molecule has 3 saturated carbocycles. The van der Waals surface area contributed by atoms with Gasteiger partial charge in [-0.2, -0.15) is 0 Å². The predicted octanol–water partition coefficient (Wildman–Crippen LogP) is 3.13. The van der Waals surface area contributed by atoms with Crippen LogP contribution in [0.25, 0.3) is 0 Å². The van der Waals surface area contributed by atoms with E-state index in [4.69, 9.17) is 4.74 Å². The van der Waals surface area contributed by atoms with Gasteiger partial charge >= 0.3 is 0 Å². The Bertz CT molecular complexity index is 270. The zero-order chi connectivity index (χ0) is 11.9. The summed E-state index contributed by atoms with van der Waals surface area (Å²) >= 11 is 0. The highest BCUT2D eigenvalue weighted by molar-refractivity contribution is 5.01. The van der Waals surface area contributed by atoms with Crippen molar-refractivity contribution in [3.63, 3.8) is 0 Å². The maximum Gasteiger partial charge on any atom is 0.0939 e. The van der Waals surface area contributed by atoms with E-state index in [0.29, 0.717) is 5.92 Å². The third kappa shape index (κ3) is 1.94. The zero-order valence-corrected chi connectivity index (χ0v) is 11.0. The Morgan fingerprint density at radius 1 is 1.12 bits per heavy atom. The van der Waals surface area contributed by atoms with Gasteiger partial charge in [-0.1, -0.05) is 25.7 Å². The summed E-state index contributed by atoms with van der Waals surface area (Å²) in [5.74, 6) is 2.24. The van der Waals surface area contributed by atoms with Crippen LogP contribution in [0.5, 0.6) is 0 Å². The van der Waals surface area contributed by atoms with Gasteiger partial charge in [0.2, 0.25) is 0 Å². The van der Waals surface area contributed by atoms with Gasteiger partial charge in [0, 0.05) is 7.11 Å². The average Bonchev–Trinajstić information content (AvgIpc) is 3.01. The van der Waals surface area contributed by atoms with Gasteiger partial charge in [0.15, 0.2) is 0 Å². The highest BCUT2D eigenvalue weighted by Gasteiger charge is 2.50. The molecule has 17 heavy (non-hydrogen) atoms. The summed E-state index contributed by atoms with van der Waals surface area (Å²) < 4.78 is 5.81. The summed E-state index contributed by atoms with van der Waals surface area (Å²) in [7, 11) is 1.81. The van der Waals surface area contributed by atoms with Crippen molar-refractivity contribution < 1.29 is 9.84 Å². The van der Waals surface area contributed by atoms with E-state index in [-0.39, 0.29) is 11.7 Å². The molecule has 0 aromatic carbocycles. The predicted molar refractivity (Wildman–Crippen MR) is 67.8 cm³/mol. The number of fused-ring (bicyclic) bond motifs is 2. The van der Waals surface area contributed by atoms with Crippen LogP contribution in [0.1, 0.15) is 57.8 Å². The third-order valence-electron chi connectivity index (χ3n) is 5.84. The lowest BCUT2D eigenvalue weighted by Crippen LogP contribution is -2.50. The standard InChI is InChI=1S/C15H26O2/c1-17-15(7-3-2-4-8-15)14(16)13-10-11-5-6-12(13)9-11/h11-14,16H,2-10H2,1H3. The normalized spacial score (nSPS) is 41.6. The van der Waals surface area contributed by atoms with Crippen molar-refractivity contribution in [1.82, 2.24) is 0 Å². The Kier molecular flexibility index (Phi) is 3.20. The lowest BCUT2D eigenvalue weighted by Gasteiger charge is -2.44. The molecule has 2 heteroatoms. The third-order valence-corrected chi connectivity index (χ3v) is 5.84. The molecular weight excluding hydrogens is 212 g/mol. The van der Waals surface area contributed by atoms with Crippen LogP contribution in [0.15, 0.2) is 0 Å². The van der Waals surface area contributed by atoms with Gasteiger partial charge in [-0.25, -0.2) is 0 Å². The first-order chi connectivity index (χ1) is 8.25. The quantitative estimate of drug-likeness (QED) is 0.818. The van der Waals surface area contributed by atoms with E-state index in [0.717, 1.165) is 24.7 Å². The van der Waals surface area contributed by atoms with Gasteiger partial charge in [-0.15, -0.1) is 0 Å². The fourth-order valence-corrected chi connectivity index (χ4v) is 4.84. The van der Waals surface area contributed by atoms with Crippen molar-refractivity contribution >= 4 is 0 Å². The Hall–Kier alpha value is -0.0800. The summed E-state index contributed by atoms with van der Waals surface area (Å²) in [5, 5.41) is 10.8. The molecule has 0 saturated heterocycles. The minimum Gasteiger partial charge on any atom is -0.390 e. The lowest BCUT2D eigenvalue weighted by molar-refractivity contribution is -0.149. The summed E-state index contributed by atoms with van der Waals surface area (Å²) in [6.45, 7) is 0. The van der Waals surface area contributed by atoms with Crippen LogP contribution in [-0.2, 0) is 4.74 Å². The molecular formula is C15H26O2. The number of rotatable bonds is 3. The van der Waals surface area contributed by atoms with E-state index >= 15 is 0 Å². The van der Waals surface area contributed by atoms with Crippen molar-refractivity contribution in [3.8, 4) is 0 Å². The highest BCUT2D eigenvalue weighted by Crippen LogP contribution is 2.52. The smallest absolute Gasteiger partial charge is 0.0939 e. The molecule has 4 unspecified atom stereocenters. The van der Waals surface area contributed by atoms with Gasteiger partial charge < -0.3 is 9.84 Å². The van der Waals surface area contributed by atoms with Gasteiger partial charge in [0.1, 0.15) is 0 Å². The molecule has 0 aliphatic heterocycles. The number of ether oxygens (including phenoxy) is 1. The summed E-state index contributed by atoms with van der Waals surface area (Å²) in [5.41, 5.74) is -0.201. The van der Waals surface area contributed by atoms with E-state index in [2.05, 4.69) is 0 Å². The van der Waals surface area contributed by atoms with E-state index in [1.807, 2.05) is 7.11 Å². The van der Waals surface area contributed by atoms with Gasteiger partial charge in [0.25, 0.3) is 0 Å². The second-order valence-corrected chi connectivity index (χ2v) is 6.61.